The lowest BCUT2D eigenvalue weighted by Crippen LogP contribution is -2.28. The van der Waals surface area contributed by atoms with E-state index in [4.69, 9.17) is 32.5 Å². The minimum atomic E-state index is -0.291. The molecule has 0 saturated heterocycles. The van der Waals surface area contributed by atoms with E-state index in [0.29, 0.717) is 33.9 Å². The lowest BCUT2D eigenvalue weighted by atomic mass is 9.88. The number of rotatable bonds is 8. The Morgan fingerprint density at radius 3 is 2.45 bits per heavy atom. The fourth-order valence-corrected chi connectivity index (χ4v) is 3.35. The molecular formula is C22H22Cl2N2O3. The maximum atomic E-state index is 12.8. The highest BCUT2D eigenvalue weighted by Gasteiger charge is 2.26. The average Bonchev–Trinajstić information content (AvgIpc) is 3.14. The molecule has 0 spiro atoms. The largest absolute Gasteiger partial charge is 0.486 e. The van der Waals surface area contributed by atoms with Crippen molar-refractivity contribution >= 4 is 29.0 Å². The fraction of sp³-hybridized carbons (Fsp3) is 0.318. The zero-order valence-corrected chi connectivity index (χ0v) is 18.0. The Hall–Kier alpha value is -2.37. The molecule has 0 saturated carbocycles. The van der Waals surface area contributed by atoms with Crippen molar-refractivity contribution in [3.8, 4) is 17.1 Å². The van der Waals surface area contributed by atoms with Crippen LogP contribution in [0.1, 0.15) is 25.3 Å². The van der Waals surface area contributed by atoms with E-state index in [-0.39, 0.29) is 24.2 Å². The summed E-state index contributed by atoms with van der Waals surface area (Å²) >= 11 is 11.9. The SMILES string of the molecule is Cc1cc(Cl)ccc1OCC(=O)[C@H](Cc1nc(-c2ccc(Cl)cc2)no1)C(C)C. The number of ketones is 1. The van der Waals surface area contributed by atoms with E-state index in [9.17, 15) is 4.79 Å². The highest BCUT2D eigenvalue weighted by atomic mass is 35.5. The van der Waals surface area contributed by atoms with Gasteiger partial charge < -0.3 is 9.26 Å². The molecule has 3 rings (SSSR count). The van der Waals surface area contributed by atoms with Gasteiger partial charge in [0.25, 0.3) is 0 Å². The molecule has 3 aromatic rings. The van der Waals surface area contributed by atoms with Crippen LogP contribution in [0.25, 0.3) is 11.4 Å². The van der Waals surface area contributed by atoms with Gasteiger partial charge >= 0.3 is 0 Å². The minimum absolute atomic E-state index is 0.0133. The normalized spacial score (nSPS) is 12.2. The topological polar surface area (TPSA) is 65.2 Å². The Balaban J connectivity index is 1.66. The number of aromatic nitrogens is 2. The van der Waals surface area contributed by atoms with E-state index in [1.165, 1.54) is 0 Å². The maximum absolute atomic E-state index is 12.8. The van der Waals surface area contributed by atoms with Crippen molar-refractivity contribution in [1.82, 2.24) is 10.1 Å². The molecule has 7 heteroatoms. The number of benzene rings is 2. The van der Waals surface area contributed by atoms with Crippen LogP contribution >= 0.6 is 23.2 Å². The van der Waals surface area contributed by atoms with Gasteiger partial charge in [0.05, 0.1) is 0 Å². The first-order valence-corrected chi connectivity index (χ1v) is 10.1. The van der Waals surface area contributed by atoms with Gasteiger partial charge in [0, 0.05) is 27.9 Å². The molecule has 5 nitrogen and oxygen atoms in total. The summed E-state index contributed by atoms with van der Waals surface area (Å²) in [4.78, 5) is 17.2. The van der Waals surface area contributed by atoms with Crippen LogP contribution in [0.3, 0.4) is 0 Å². The van der Waals surface area contributed by atoms with Gasteiger partial charge in [-0.3, -0.25) is 4.79 Å². The number of ether oxygens (including phenoxy) is 1. The van der Waals surface area contributed by atoms with Crippen molar-refractivity contribution < 1.29 is 14.1 Å². The molecule has 0 bridgehead atoms. The van der Waals surface area contributed by atoms with Crippen molar-refractivity contribution in [1.29, 1.82) is 0 Å². The van der Waals surface area contributed by atoms with Crippen LogP contribution in [0.5, 0.6) is 5.75 Å². The van der Waals surface area contributed by atoms with Gasteiger partial charge in [-0.1, -0.05) is 42.2 Å². The summed E-state index contributed by atoms with van der Waals surface area (Å²) in [7, 11) is 0. The monoisotopic (exact) mass is 432 g/mol. The van der Waals surface area contributed by atoms with Gasteiger partial charge in [0.2, 0.25) is 11.7 Å². The summed E-state index contributed by atoms with van der Waals surface area (Å²) in [6.45, 7) is 5.85. The summed E-state index contributed by atoms with van der Waals surface area (Å²) < 4.78 is 11.1. The number of hydrogen-bond donors (Lipinski definition) is 0. The van der Waals surface area contributed by atoms with Crippen LogP contribution in [0, 0.1) is 18.8 Å². The Labute approximate surface area is 180 Å². The van der Waals surface area contributed by atoms with Crippen LogP contribution in [0.15, 0.2) is 47.0 Å². The van der Waals surface area contributed by atoms with E-state index in [1.54, 1.807) is 30.3 Å². The predicted molar refractivity (Wildman–Crippen MR) is 113 cm³/mol. The Morgan fingerprint density at radius 2 is 1.79 bits per heavy atom. The predicted octanol–water partition coefficient (Wildman–Crippen LogP) is 5.81. The highest BCUT2D eigenvalue weighted by molar-refractivity contribution is 6.30. The summed E-state index contributed by atoms with van der Waals surface area (Å²) in [5.74, 6) is 1.34. The smallest absolute Gasteiger partial charge is 0.227 e. The highest BCUT2D eigenvalue weighted by Crippen LogP contribution is 2.24. The molecule has 0 radical (unpaired) electrons. The standard InChI is InChI=1S/C22H22Cl2N2O3/c1-13(2)18(19(27)12-28-20-9-8-17(24)10-14(20)3)11-21-25-22(26-29-21)15-4-6-16(23)7-5-15/h4-10,13,18H,11-12H2,1-3H3/t18-/m1/s1. The zero-order valence-electron chi connectivity index (χ0n) is 16.5. The number of nitrogens with zero attached hydrogens (tertiary/aromatic N) is 2. The third-order valence-corrected chi connectivity index (χ3v) is 5.18. The molecule has 0 aliphatic carbocycles. The van der Waals surface area contributed by atoms with Crippen molar-refractivity contribution in [3.63, 3.8) is 0 Å². The molecule has 152 valence electrons. The van der Waals surface area contributed by atoms with E-state index in [1.807, 2.05) is 32.9 Å². The van der Waals surface area contributed by atoms with Gasteiger partial charge in [-0.05, 0) is 60.9 Å². The van der Waals surface area contributed by atoms with Crippen LogP contribution < -0.4 is 4.74 Å². The summed E-state index contributed by atoms with van der Waals surface area (Å²) in [6.07, 6.45) is 0.361. The number of carbonyl (C=O) groups is 1. The molecule has 0 aliphatic rings. The number of halogens is 2. The van der Waals surface area contributed by atoms with Gasteiger partial charge in [0.1, 0.15) is 12.4 Å². The Bertz CT molecular complexity index is 984. The van der Waals surface area contributed by atoms with Gasteiger partial charge in [-0.15, -0.1) is 0 Å². The second-order valence-corrected chi connectivity index (χ2v) is 8.11. The number of hydrogen-bond acceptors (Lipinski definition) is 5. The summed E-state index contributed by atoms with van der Waals surface area (Å²) in [5, 5.41) is 5.29. The van der Waals surface area contributed by atoms with Crippen molar-refractivity contribution in [2.75, 3.05) is 6.61 Å². The Morgan fingerprint density at radius 1 is 1.10 bits per heavy atom. The van der Waals surface area contributed by atoms with Gasteiger partial charge in [-0.2, -0.15) is 4.98 Å². The van der Waals surface area contributed by atoms with Crippen molar-refractivity contribution in [2.24, 2.45) is 11.8 Å². The molecule has 29 heavy (non-hydrogen) atoms. The lowest BCUT2D eigenvalue weighted by Gasteiger charge is -2.18. The molecule has 0 N–H and O–H groups in total. The molecule has 1 aromatic heterocycles. The van der Waals surface area contributed by atoms with E-state index >= 15 is 0 Å². The first-order valence-electron chi connectivity index (χ1n) is 9.33. The second kappa shape index (κ2) is 9.42. The van der Waals surface area contributed by atoms with Crippen LogP contribution in [-0.2, 0) is 11.2 Å². The molecule has 1 heterocycles. The average molecular weight is 433 g/mol. The van der Waals surface area contributed by atoms with Crippen LogP contribution in [0.4, 0.5) is 0 Å². The number of carbonyl (C=O) groups excluding carboxylic acids is 1. The quantitative estimate of drug-likeness (QED) is 0.448. The maximum Gasteiger partial charge on any atom is 0.227 e. The third-order valence-electron chi connectivity index (χ3n) is 4.69. The molecule has 2 aromatic carbocycles. The number of aryl methyl sites for hydroxylation is 1. The lowest BCUT2D eigenvalue weighted by molar-refractivity contribution is -0.126. The van der Waals surface area contributed by atoms with Crippen molar-refractivity contribution in [2.45, 2.75) is 27.2 Å². The molecule has 0 aliphatic heterocycles. The van der Waals surface area contributed by atoms with Gasteiger partial charge in [-0.25, -0.2) is 0 Å². The molecule has 0 amide bonds. The second-order valence-electron chi connectivity index (χ2n) is 7.24. The van der Waals surface area contributed by atoms with Crippen LogP contribution in [-0.4, -0.2) is 22.5 Å². The van der Waals surface area contributed by atoms with Crippen molar-refractivity contribution in [3.05, 3.63) is 64.0 Å². The molecule has 0 unspecified atom stereocenters. The van der Waals surface area contributed by atoms with E-state index in [0.717, 1.165) is 11.1 Å². The fourth-order valence-electron chi connectivity index (χ4n) is 2.99. The molecule has 1 atom stereocenters. The first kappa shape index (κ1) is 21.3. The first-order chi connectivity index (χ1) is 13.8. The number of Topliss-reactive ketones (excluding diaryl/α,β-unsaturated/α-hetero) is 1. The molecular weight excluding hydrogens is 411 g/mol. The van der Waals surface area contributed by atoms with Crippen LogP contribution in [0.2, 0.25) is 10.0 Å². The van der Waals surface area contributed by atoms with E-state index < -0.39 is 0 Å². The summed E-state index contributed by atoms with van der Waals surface area (Å²) in [5.41, 5.74) is 1.69. The zero-order chi connectivity index (χ0) is 21.0. The Kier molecular flexibility index (Phi) is 6.93. The minimum Gasteiger partial charge on any atom is -0.486 e. The summed E-state index contributed by atoms with van der Waals surface area (Å²) in [6, 6.07) is 12.5. The third kappa shape index (κ3) is 5.58. The van der Waals surface area contributed by atoms with Gasteiger partial charge in [0.15, 0.2) is 5.78 Å². The van der Waals surface area contributed by atoms with E-state index in [2.05, 4.69) is 10.1 Å². The molecule has 0 fully saturated rings.